The Morgan fingerprint density at radius 3 is 2.12 bits per heavy atom. The van der Waals surface area contributed by atoms with Crippen LogP contribution in [0.2, 0.25) is 0 Å². The van der Waals surface area contributed by atoms with Crippen molar-refractivity contribution in [2.75, 3.05) is 13.2 Å². The predicted octanol–water partition coefficient (Wildman–Crippen LogP) is 5.05. The van der Waals surface area contributed by atoms with Crippen molar-refractivity contribution in [2.45, 2.75) is 25.0 Å². The molecule has 1 fully saturated rings. The monoisotopic (exact) mass is 348 g/mol. The molecule has 0 spiro atoms. The van der Waals surface area contributed by atoms with Crippen molar-refractivity contribution in [1.82, 2.24) is 0 Å². The Labute approximate surface area is 144 Å². The van der Waals surface area contributed by atoms with Crippen LogP contribution in [-0.2, 0) is 15.9 Å². The van der Waals surface area contributed by atoms with Gasteiger partial charge < -0.3 is 9.47 Å². The van der Waals surface area contributed by atoms with Crippen molar-refractivity contribution in [3.05, 3.63) is 83.2 Å². The second-order valence-electron chi connectivity index (χ2n) is 6.06. The van der Waals surface area contributed by atoms with Gasteiger partial charge >= 0.3 is 0 Å². The summed E-state index contributed by atoms with van der Waals surface area (Å²) in [6.45, 7) is 4.19. The fraction of sp³-hybridized carbons (Fsp3) is 0.300. The molecule has 0 atom stereocenters. The van der Waals surface area contributed by atoms with Crippen LogP contribution < -0.4 is 0 Å². The molecule has 1 heterocycles. The van der Waals surface area contributed by atoms with E-state index in [9.17, 15) is 13.2 Å². The second kappa shape index (κ2) is 7.85. The lowest BCUT2D eigenvalue weighted by Gasteiger charge is -2.30. The van der Waals surface area contributed by atoms with Gasteiger partial charge in [-0.05, 0) is 36.1 Å². The van der Waals surface area contributed by atoms with Gasteiger partial charge in [-0.3, -0.25) is 0 Å². The molecule has 0 amide bonds. The van der Waals surface area contributed by atoms with Crippen LogP contribution in [-0.4, -0.2) is 13.2 Å². The first-order valence-electron chi connectivity index (χ1n) is 8.16. The molecule has 2 aromatic carbocycles. The highest BCUT2D eigenvalue weighted by atomic mass is 19.2. The molecule has 0 unspecified atom stereocenters. The van der Waals surface area contributed by atoms with Crippen molar-refractivity contribution >= 4 is 0 Å². The van der Waals surface area contributed by atoms with E-state index < -0.39 is 23.7 Å². The van der Waals surface area contributed by atoms with E-state index in [4.69, 9.17) is 9.47 Å². The van der Waals surface area contributed by atoms with Crippen molar-refractivity contribution in [3.8, 4) is 0 Å². The fourth-order valence-electron chi connectivity index (χ4n) is 2.81. The lowest BCUT2D eigenvalue weighted by molar-refractivity contribution is -0.191. The number of hydrogen-bond donors (Lipinski definition) is 0. The minimum atomic E-state index is -1.46. The van der Waals surface area contributed by atoms with E-state index in [1.807, 2.05) is 30.3 Å². The number of benzene rings is 2. The summed E-state index contributed by atoms with van der Waals surface area (Å²) < 4.78 is 51.1. The van der Waals surface area contributed by atoms with Gasteiger partial charge in [-0.1, -0.05) is 30.3 Å². The number of ether oxygens (including phenoxy) is 2. The molecule has 1 saturated heterocycles. The van der Waals surface area contributed by atoms with Crippen LogP contribution in [0, 0.1) is 17.5 Å². The van der Waals surface area contributed by atoms with Crippen LogP contribution in [0.3, 0.4) is 0 Å². The average Bonchev–Trinajstić information content (AvgIpc) is 2.64. The van der Waals surface area contributed by atoms with Gasteiger partial charge in [0.25, 0.3) is 0 Å². The molecule has 3 rings (SSSR count). The van der Waals surface area contributed by atoms with Gasteiger partial charge in [0, 0.05) is 11.5 Å². The summed E-state index contributed by atoms with van der Waals surface area (Å²) in [6, 6.07) is 9.90. The number of rotatable bonds is 5. The predicted molar refractivity (Wildman–Crippen MR) is 88.7 cm³/mol. The van der Waals surface area contributed by atoms with E-state index in [0.717, 1.165) is 30.5 Å². The average molecular weight is 348 g/mol. The van der Waals surface area contributed by atoms with Crippen LogP contribution in [0.25, 0.3) is 0 Å². The van der Waals surface area contributed by atoms with E-state index in [2.05, 4.69) is 6.58 Å². The summed E-state index contributed by atoms with van der Waals surface area (Å²) in [5, 5.41) is 0. The van der Waals surface area contributed by atoms with E-state index in [1.54, 1.807) is 0 Å². The third-order valence-corrected chi connectivity index (χ3v) is 4.26. The smallest absolute Gasteiger partial charge is 0.194 e. The Hall–Kier alpha value is -2.11. The summed E-state index contributed by atoms with van der Waals surface area (Å²) in [4.78, 5) is 0. The molecule has 2 aromatic rings. The molecule has 0 radical (unpaired) electrons. The zero-order chi connectivity index (χ0) is 17.8. The normalized spacial score (nSPS) is 20.4. The van der Waals surface area contributed by atoms with Gasteiger partial charge in [-0.2, -0.15) is 0 Å². The lowest BCUT2D eigenvalue weighted by Crippen LogP contribution is -2.26. The van der Waals surface area contributed by atoms with E-state index >= 15 is 0 Å². The molecule has 5 heteroatoms. The Morgan fingerprint density at radius 2 is 1.56 bits per heavy atom. The summed E-state index contributed by atoms with van der Waals surface area (Å²) in [7, 11) is 0. The quantitative estimate of drug-likeness (QED) is 0.556. The number of halogens is 3. The third-order valence-electron chi connectivity index (χ3n) is 4.26. The SMILES string of the molecule is C=CCCc1ccc(C2OCC(c3cc(F)c(F)c(F)c3)CO2)cc1. The maximum absolute atomic E-state index is 13.4. The molecular formula is C20H19F3O2. The molecule has 1 aliphatic rings. The largest absolute Gasteiger partial charge is 0.348 e. The highest BCUT2D eigenvalue weighted by Gasteiger charge is 2.26. The van der Waals surface area contributed by atoms with Gasteiger partial charge in [-0.15, -0.1) is 6.58 Å². The highest BCUT2D eigenvalue weighted by molar-refractivity contribution is 5.26. The molecule has 25 heavy (non-hydrogen) atoms. The maximum Gasteiger partial charge on any atom is 0.194 e. The molecule has 0 aromatic heterocycles. The van der Waals surface area contributed by atoms with Gasteiger partial charge in [0.1, 0.15) is 0 Å². The standard InChI is InChI=1S/C20H19F3O2/c1-2-3-4-13-5-7-14(8-6-13)20-24-11-16(12-25-20)15-9-17(21)19(23)18(22)10-15/h2,5-10,16,20H,1,3-4,11-12H2. The zero-order valence-corrected chi connectivity index (χ0v) is 13.7. The molecule has 0 aliphatic carbocycles. The van der Waals surface area contributed by atoms with Crippen LogP contribution in [0.1, 0.15) is 35.3 Å². The molecule has 1 aliphatic heterocycles. The van der Waals surface area contributed by atoms with Crippen LogP contribution >= 0.6 is 0 Å². The minimum Gasteiger partial charge on any atom is -0.348 e. The second-order valence-corrected chi connectivity index (χ2v) is 6.06. The highest BCUT2D eigenvalue weighted by Crippen LogP contribution is 2.31. The van der Waals surface area contributed by atoms with Crippen molar-refractivity contribution in [3.63, 3.8) is 0 Å². The van der Waals surface area contributed by atoms with E-state index in [1.165, 1.54) is 5.56 Å². The summed E-state index contributed by atoms with van der Waals surface area (Å²) in [6.07, 6.45) is 3.21. The van der Waals surface area contributed by atoms with Crippen LogP contribution in [0.15, 0.2) is 49.1 Å². The van der Waals surface area contributed by atoms with Crippen molar-refractivity contribution in [1.29, 1.82) is 0 Å². The third kappa shape index (κ3) is 4.11. The minimum absolute atomic E-state index is 0.243. The fourth-order valence-corrected chi connectivity index (χ4v) is 2.81. The van der Waals surface area contributed by atoms with Gasteiger partial charge in [0.05, 0.1) is 13.2 Å². The molecule has 0 N–H and O–H groups in total. The molecule has 132 valence electrons. The summed E-state index contributed by atoms with van der Waals surface area (Å²) in [5.74, 6) is -4.21. The zero-order valence-electron chi connectivity index (χ0n) is 13.7. The number of hydrogen-bond acceptors (Lipinski definition) is 2. The van der Waals surface area contributed by atoms with Gasteiger partial charge in [0.2, 0.25) is 0 Å². The van der Waals surface area contributed by atoms with Crippen molar-refractivity contribution < 1.29 is 22.6 Å². The topological polar surface area (TPSA) is 18.5 Å². The Morgan fingerprint density at radius 1 is 0.960 bits per heavy atom. The maximum atomic E-state index is 13.4. The molecule has 0 bridgehead atoms. The summed E-state index contributed by atoms with van der Waals surface area (Å²) in [5.41, 5.74) is 2.42. The van der Waals surface area contributed by atoms with Gasteiger partial charge in [0.15, 0.2) is 23.7 Å². The van der Waals surface area contributed by atoms with E-state index in [0.29, 0.717) is 5.56 Å². The summed E-state index contributed by atoms with van der Waals surface area (Å²) >= 11 is 0. The number of allylic oxidation sites excluding steroid dienone is 1. The molecule has 2 nitrogen and oxygen atoms in total. The Kier molecular flexibility index (Phi) is 5.56. The lowest BCUT2D eigenvalue weighted by atomic mass is 9.99. The first-order valence-corrected chi connectivity index (χ1v) is 8.16. The van der Waals surface area contributed by atoms with Gasteiger partial charge in [-0.25, -0.2) is 13.2 Å². The van der Waals surface area contributed by atoms with Crippen molar-refractivity contribution in [2.24, 2.45) is 0 Å². The first kappa shape index (κ1) is 17.7. The first-order chi connectivity index (χ1) is 12.1. The van der Waals surface area contributed by atoms with Crippen LogP contribution in [0.4, 0.5) is 13.2 Å². The van der Waals surface area contributed by atoms with E-state index in [-0.39, 0.29) is 19.1 Å². The number of aryl methyl sites for hydroxylation is 1. The molecular weight excluding hydrogens is 329 g/mol. The molecule has 0 saturated carbocycles. The Bertz CT molecular complexity index is 712. The van der Waals surface area contributed by atoms with Crippen LogP contribution in [0.5, 0.6) is 0 Å². The Balaban J connectivity index is 1.62.